The molecule has 0 unspecified atom stereocenters. The van der Waals surface area contributed by atoms with Crippen molar-refractivity contribution in [2.24, 2.45) is 0 Å². The molecule has 7 heteroatoms. The van der Waals surface area contributed by atoms with E-state index in [0.717, 1.165) is 56.0 Å². The molecule has 0 radical (unpaired) electrons. The van der Waals surface area contributed by atoms with Crippen LogP contribution in [-0.2, 0) is 13.1 Å². The molecule has 0 saturated carbocycles. The summed E-state index contributed by atoms with van der Waals surface area (Å²) >= 11 is 1.66. The average molecular weight is 340 g/mol. The first-order valence-electron chi connectivity index (χ1n) is 8.11. The highest BCUT2D eigenvalue weighted by atomic mass is 32.1. The van der Waals surface area contributed by atoms with Gasteiger partial charge < -0.3 is 5.73 Å². The molecule has 2 N–H and O–H groups in total. The third-order valence-electron chi connectivity index (χ3n) is 4.38. The predicted molar refractivity (Wildman–Crippen MR) is 96.6 cm³/mol. The Kier molecular flexibility index (Phi) is 4.38. The molecule has 0 aliphatic carbocycles. The Labute approximate surface area is 145 Å². The van der Waals surface area contributed by atoms with Gasteiger partial charge in [0.05, 0.1) is 23.3 Å². The molecular weight excluding hydrogens is 320 g/mol. The number of nitrogen functional groups attached to an aromatic ring is 1. The van der Waals surface area contributed by atoms with Crippen LogP contribution in [0.5, 0.6) is 0 Å². The van der Waals surface area contributed by atoms with E-state index in [-0.39, 0.29) is 0 Å². The normalized spacial score (nSPS) is 16.7. The van der Waals surface area contributed by atoms with E-state index < -0.39 is 0 Å². The largest absolute Gasteiger partial charge is 0.383 e. The summed E-state index contributed by atoms with van der Waals surface area (Å²) < 4.78 is 0. The van der Waals surface area contributed by atoms with E-state index in [1.807, 2.05) is 29.8 Å². The van der Waals surface area contributed by atoms with Crippen molar-refractivity contribution in [1.29, 1.82) is 0 Å². The van der Waals surface area contributed by atoms with Crippen LogP contribution in [0.25, 0.3) is 10.9 Å². The van der Waals surface area contributed by atoms with Gasteiger partial charge in [-0.25, -0.2) is 15.0 Å². The summed E-state index contributed by atoms with van der Waals surface area (Å²) in [7, 11) is 0. The fourth-order valence-corrected chi connectivity index (χ4v) is 3.62. The third-order valence-corrected chi connectivity index (χ3v) is 5.01. The van der Waals surface area contributed by atoms with E-state index in [9.17, 15) is 0 Å². The summed E-state index contributed by atoms with van der Waals surface area (Å²) in [6, 6.07) is 7.90. The molecule has 124 valence electrons. The SMILES string of the molecule is Nc1nc(CN2CCN(Cc3cscn3)CC2)nc2ccccc12. The van der Waals surface area contributed by atoms with Crippen molar-refractivity contribution in [3.05, 3.63) is 46.7 Å². The fourth-order valence-electron chi connectivity index (χ4n) is 3.07. The van der Waals surface area contributed by atoms with Gasteiger partial charge in [-0.2, -0.15) is 0 Å². The van der Waals surface area contributed by atoms with Crippen molar-refractivity contribution in [3.63, 3.8) is 0 Å². The van der Waals surface area contributed by atoms with Crippen molar-refractivity contribution >= 4 is 28.1 Å². The van der Waals surface area contributed by atoms with E-state index in [0.29, 0.717) is 5.82 Å². The third kappa shape index (κ3) is 3.38. The number of rotatable bonds is 4. The summed E-state index contributed by atoms with van der Waals surface area (Å²) in [5.74, 6) is 1.37. The number of fused-ring (bicyclic) bond motifs is 1. The van der Waals surface area contributed by atoms with E-state index in [1.165, 1.54) is 5.69 Å². The molecule has 0 bridgehead atoms. The highest BCUT2D eigenvalue weighted by molar-refractivity contribution is 7.07. The predicted octanol–water partition coefficient (Wildman–Crippen LogP) is 1.99. The van der Waals surface area contributed by atoms with E-state index >= 15 is 0 Å². The lowest BCUT2D eigenvalue weighted by Crippen LogP contribution is -2.45. The van der Waals surface area contributed by atoms with Gasteiger partial charge in [-0.1, -0.05) is 12.1 Å². The van der Waals surface area contributed by atoms with Gasteiger partial charge in [0, 0.05) is 43.5 Å². The van der Waals surface area contributed by atoms with Crippen LogP contribution in [0.15, 0.2) is 35.2 Å². The summed E-state index contributed by atoms with van der Waals surface area (Å²) in [4.78, 5) is 18.3. The second-order valence-corrected chi connectivity index (χ2v) is 6.79. The van der Waals surface area contributed by atoms with Gasteiger partial charge in [0.15, 0.2) is 0 Å². The average Bonchev–Trinajstić information content (AvgIpc) is 3.10. The first-order valence-corrected chi connectivity index (χ1v) is 9.05. The zero-order valence-electron chi connectivity index (χ0n) is 13.4. The Morgan fingerprint density at radius 1 is 1.00 bits per heavy atom. The number of hydrogen-bond donors (Lipinski definition) is 1. The lowest BCUT2D eigenvalue weighted by Gasteiger charge is -2.33. The van der Waals surface area contributed by atoms with Crippen LogP contribution in [0, 0.1) is 0 Å². The number of hydrogen-bond acceptors (Lipinski definition) is 7. The highest BCUT2D eigenvalue weighted by Gasteiger charge is 2.19. The molecule has 2 aromatic heterocycles. The molecule has 1 aliphatic rings. The minimum atomic E-state index is 0.567. The van der Waals surface area contributed by atoms with Crippen molar-refractivity contribution in [2.45, 2.75) is 13.1 Å². The van der Waals surface area contributed by atoms with Gasteiger partial charge in [-0.15, -0.1) is 11.3 Å². The molecule has 6 nitrogen and oxygen atoms in total. The second-order valence-electron chi connectivity index (χ2n) is 6.07. The minimum Gasteiger partial charge on any atom is -0.383 e. The lowest BCUT2D eigenvalue weighted by atomic mass is 10.2. The maximum Gasteiger partial charge on any atom is 0.145 e. The number of aromatic nitrogens is 3. The zero-order chi connectivity index (χ0) is 16.4. The quantitative estimate of drug-likeness (QED) is 0.783. The van der Waals surface area contributed by atoms with E-state index in [4.69, 9.17) is 5.73 Å². The Bertz CT molecular complexity index is 811. The molecule has 1 aliphatic heterocycles. The van der Waals surface area contributed by atoms with E-state index in [2.05, 4.69) is 30.1 Å². The molecule has 4 rings (SSSR count). The van der Waals surface area contributed by atoms with Crippen molar-refractivity contribution in [2.75, 3.05) is 31.9 Å². The number of thiazole rings is 1. The van der Waals surface area contributed by atoms with Crippen molar-refractivity contribution in [3.8, 4) is 0 Å². The van der Waals surface area contributed by atoms with Gasteiger partial charge in [0.2, 0.25) is 0 Å². The Morgan fingerprint density at radius 3 is 2.50 bits per heavy atom. The minimum absolute atomic E-state index is 0.567. The Morgan fingerprint density at radius 2 is 1.75 bits per heavy atom. The molecular formula is C17H20N6S. The molecule has 3 heterocycles. The maximum atomic E-state index is 6.08. The van der Waals surface area contributed by atoms with Crippen molar-refractivity contribution in [1.82, 2.24) is 24.8 Å². The fraction of sp³-hybridized carbons (Fsp3) is 0.353. The molecule has 0 spiro atoms. The maximum absolute atomic E-state index is 6.08. The van der Waals surface area contributed by atoms with Gasteiger partial charge in [-0.3, -0.25) is 9.80 Å². The molecule has 1 fully saturated rings. The summed E-state index contributed by atoms with van der Waals surface area (Å²) in [5, 5.41) is 3.05. The van der Waals surface area contributed by atoms with Crippen LogP contribution in [0.4, 0.5) is 5.82 Å². The monoisotopic (exact) mass is 340 g/mol. The molecule has 1 aromatic carbocycles. The number of nitrogens with two attached hydrogens (primary N) is 1. The second kappa shape index (κ2) is 6.80. The molecule has 1 saturated heterocycles. The first kappa shape index (κ1) is 15.4. The van der Waals surface area contributed by atoms with Crippen LogP contribution in [-0.4, -0.2) is 50.9 Å². The zero-order valence-corrected chi connectivity index (χ0v) is 14.2. The molecule has 24 heavy (non-hydrogen) atoms. The van der Waals surface area contributed by atoms with Gasteiger partial charge in [0.1, 0.15) is 11.6 Å². The molecule has 0 atom stereocenters. The van der Waals surface area contributed by atoms with Crippen LogP contribution in [0.3, 0.4) is 0 Å². The van der Waals surface area contributed by atoms with Crippen LogP contribution in [0.1, 0.15) is 11.5 Å². The Hall–Kier alpha value is -2.09. The number of nitrogens with zero attached hydrogens (tertiary/aromatic N) is 5. The van der Waals surface area contributed by atoms with Crippen molar-refractivity contribution < 1.29 is 0 Å². The number of para-hydroxylation sites is 1. The summed E-state index contributed by atoms with van der Waals surface area (Å²) in [6.07, 6.45) is 0. The van der Waals surface area contributed by atoms with Crippen LogP contribution < -0.4 is 5.73 Å². The number of benzene rings is 1. The summed E-state index contributed by atoms with van der Waals surface area (Å²) in [6.45, 7) is 5.80. The smallest absolute Gasteiger partial charge is 0.145 e. The highest BCUT2D eigenvalue weighted by Crippen LogP contribution is 2.18. The molecule has 0 amide bonds. The van der Waals surface area contributed by atoms with Crippen LogP contribution >= 0.6 is 11.3 Å². The van der Waals surface area contributed by atoms with Gasteiger partial charge in [-0.05, 0) is 12.1 Å². The standard InChI is InChI=1S/C17H20N6S/c18-17-14-3-1-2-4-15(14)20-16(21-17)10-23-7-5-22(6-8-23)9-13-11-24-12-19-13/h1-4,11-12H,5-10H2,(H2,18,20,21). The van der Waals surface area contributed by atoms with E-state index in [1.54, 1.807) is 11.3 Å². The van der Waals surface area contributed by atoms with Gasteiger partial charge in [0.25, 0.3) is 0 Å². The molecule has 3 aromatic rings. The first-order chi connectivity index (χ1) is 11.8. The van der Waals surface area contributed by atoms with Crippen LogP contribution in [0.2, 0.25) is 0 Å². The number of piperazine rings is 1. The Balaban J connectivity index is 1.38. The summed E-state index contributed by atoms with van der Waals surface area (Å²) in [5.41, 5.74) is 10.1. The van der Waals surface area contributed by atoms with Gasteiger partial charge >= 0.3 is 0 Å². The number of anilines is 1. The topological polar surface area (TPSA) is 71.2 Å². The lowest BCUT2D eigenvalue weighted by molar-refractivity contribution is 0.119.